The van der Waals surface area contributed by atoms with Crippen molar-refractivity contribution in [3.05, 3.63) is 0 Å². The Morgan fingerprint density at radius 2 is 1.90 bits per heavy atom. The van der Waals surface area contributed by atoms with E-state index in [1.54, 1.807) is 0 Å². The van der Waals surface area contributed by atoms with Crippen LogP contribution in [0.2, 0.25) is 0 Å². The van der Waals surface area contributed by atoms with Crippen molar-refractivity contribution in [1.29, 1.82) is 0 Å². The summed E-state index contributed by atoms with van der Waals surface area (Å²) in [6, 6.07) is 0.485. The molecule has 1 rings (SSSR count). The van der Waals surface area contributed by atoms with E-state index in [0.717, 1.165) is 5.92 Å². The fourth-order valence-corrected chi connectivity index (χ4v) is 1.76. The molecule has 0 aromatic rings. The summed E-state index contributed by atoms with van der Waals surface area (Å²) in [5, 5.41) is 0. The second-order valence-electron chi connectivity index (χ2n) is 4.10. The molecule has 1 fully saturated rings. The van der Waals surface area contributed by atoms with Crippen LogP contribution in [0, 0.1) is 11.3 Å². The summed E-state index contributed by atoms with van der Waals surface area (Å²) in [5.74, 6) is 0.812. The monoisotopic (exact) mass is 141 g/mol. The lowest BCUT2D eigenvalue weighted by atomic mass is 10.1. The van der Waals surface area contributed by atoms with Gasteiger partial charge in [-0.05, 0) is 17.8 Å². The molecular formula is C9H19N. The predicted octanol–water partition coefficient (Wildman–Crippen LogP) is 2.16. The summed E-state index contributed by atoms with van der Waals surface area (Å²) in [4.78, 5) is 0. The van der Waals surface area contributed by atoms with Crippen LogP contribution in [0.4, 0.5) is 0 Å². The minimum Gasteiger partial charge on any atom is -0.327 e. The van der Waals surface area contributed by atoms with Gasteiger partial charge in [0.05, 0.1) is 0 Å². The Labute approximate surface area is 64.0 Å². The Bertz CT molecular complexity index is 118. The van der Waals surface area contributed by atoms with E-state index >= 15 is 0 Å². The summed E-state index contributed by atoms with van der Waals surface area (Å²) in [7, 11) is 0. The molecule has 2 N–H and O–H groups in total. The van der Waals surface area contributed by atoms with E-state index in [0.29, 0.717) is 11.5 Å². The third-order valence-corrected chi connectivity index (χ3v) is 3.01. The van der Waals surface area contributed by atoms with Gasteiger partial charge in [0.2, 0.25) is 0 Å². The molecule has 0 heterocycles. The average Bonchev–Trinajstić information content (AvgIpc) is 2.31. The van der Waals surface area contributed by atoms with Gasteiger partial charge in [0.25, 0.3) is 0 Å². The number of nitrogens with two attached hydrogens (primary N) is 1. The van der Waals surface area contributed by atoms with Gasteiger partial charge >= 0.3 is 0 Å². The predicted molar refractivity (Wildman–Crippen MR) is 44.8 cm³/mol. The maximum absolute atomic E-state index is 5.89. The quantitative estimate of drug-likeness (QED) is 0.640. The molecule has 10 heavy (non-hydrogen) atoms. The standard InChI is InChI=1S/C9H19N/c1-4-5-6-7-8(10)9(7,2)3/h7-8H,4-6,10H2,1-3H3/t7-,8-/m1/s1. The highest BCUT2D eigenvalue weighted by molar-refractivity contribution is 5.08. The minimum absolute atomic E-state index is 0.454. The van der Waals surface area contributed by atoms with E-state index in [9.17, 15) is 0 Å². The fraction of sp³-hybridized carbons (Fsp3) is 1.00. The average molecular weight is 141 g/mol. The second kappa shape index (κ2) is 2.54. The smallest absolute Gasteiger partial charge is 0.0128 e. The van der Waals surface area contributed by atoms with Crippen LogP contribution in [0.3, 0.4) is 0 Å². The summed E-state index contributed by atoms with van der Waals surface area (Å²) in [5.41, 5.74) is 6.34. The van der Waals surface area contributed by atoms with Crippen LogP contribution >= 0.6 is 0 Å². The van der Waals surface area contributed by atoms with Gasteiger partial charge in [-0.2, -0.15) is 0 Å². The van der Waals surface area contributed by atoms with Crippen molar-refractivity contribution < 1.29 is 0 Å². The van der Waals surface area contributed by atoms with Gasteiger partial charge in [-0.1, -0.05) is 33.6 Å². The van der Waals surface area contributed by atoms with Crippen LogP contribution in [0.25, 0.3) is 0 Å². The lowest BCUT2D eigenvalue weighted by Crippen LogP contribution is -2.06. The minimum atomic E-state index is 0.454. The summed E-state index contributed by atoms with van der Waals surface area (Å²) in [6.07, 6.45) is 3.99. The van der Waals surface area contributed by atoms with Gasteiger partial charge < -0.3 is 5.73 Å². The molecule has 1 heteroatoms. The highest BCUT2D eigenvalue weighted by Crippen LogP contribution is 2.52. The van der Waals surface area contributed by atoms with Crippen molar-refractivity contribution >= 4 is 0 Å². The van der Waals surface area contributed by atoms with Gasteiger partial charge in [-0.3, -0.25) is 0 Å². The van der Waals surface area contributed by atoms with Crippen molar-refractivity contribution in [2.24, 2.45) is 17.1 Å². The fourth-order valence-electron chi connectivity index (χ4n) is 1.76. The highest BCUT2D eigenvalue weighted by Gasteiger charge is 2.54. The molecule has 0 aromatic carbocycles. The molecule has 0 aliphatic heterocycles. The van der Waals surface area contributed by atoms with Gasteiger partial charge in [0.15, 0.2) is 0 Å². The van der Waals surface area contributed by atoms with Crippen LogP contribution < -0.4 is 5.73 Å². The first-order chi connectivity index (χ1) is 4.60. The molecule has 0 bridgehead atoms. The first kappa shape index (κ1) is 8.06. The molecule has 60 valence electrons. The first-order valence-electron chi connectivity index (χ1n) is 4.36. The molecule has 1 aliphatic rings. The van der Waals surface area contributed by atoms with Crippen molar-refractivity contribution in [1.82, 2.24) is 0 Å². The normalized spacial score (nSPS) is 36.0. The second-order valence-corrected chi connectivity index (χ2v) is 4.10. The van der Waals surface area contributed by atoms with Gasteiger partial charge in [-0.25, -0.2) is 0 Å². The van der Waals surface area contributed by atoms with Crippen molar-refractivity contribution in [3.8, 4) is 0 Å². The molecule has 1 aliphatic carbocycles. The molecule has 0 aromatic heterocycles. The molecule has 2 atom stereocenters. The maximum atomic E-state index is 5.89. The van der Waals surface area contributed by atoms with E-state index in [-0.39, 0.29) is 0 Å². The van der Waals surface area contributed by atoms with Crippen LogP contribution in [0.15, 0.2) is 0 Å². The zero-order chi connectivity index (χ0) is 7.78. The van der Waals surface area contributed by atoms with Gasteiger partial charge in [0.1, 0.15) is 0 Å². The number of unbranched alkanes of at least 4 members (excludes halogenated alkanes) is 1. The molecular weight excluding hydrogens is 122 g/mol. The van der Waals surface area contributed by atoms with Gasteiger partial charge in [0, 0.05) is 6.04 Å². The third kappa shape index (κ3) is 1.20. The summed E-state index contributed by atoms with van der Waals surface area (Å²) < 4.78 is 0. The Hall–Kier alpha value is -0.0400. The van der Waals surface area contributed by atoms with E-state index in [4.69, 9.17) is 5.73 Å². The largest absolute Gasteiger partial charge is 0.327 e. The van der Waals surface area contributed by atoms with Crippen molar-refractivity contribution in [2.75, 3.05) is 0 Å². The maximum Gasteiger partial charge on any atom is 0.0128 e. The van der Waals surface area contributed by atoms with E-state index in [1.807, 2.05) is 0 Å². The Morgan fingerprint density at radius 1 is 1.40 bits per heavy atom. The zero-order valence-electron chi connectivity index (χ0n) is 7.35. The Balaban J connectivity index is 2.22. The first-order valence-corrected chi connectivity index (χ1v) is 4.36. The van der Waals surface area contributed by atoms with E-state index < -0.39 is 0 Å². The third-order valence-electron chi connectivity index (χ3n) is 3.01. The zero-order valence-corrected chi connectivity index (χ0v) is 7.35. The lowest BCUT2D eigenvalue weighted by molar-refractivity contribution is 0.514. The molecule has 0 unspecified atom stereocenters. The summed E-state index contributed by atoms with van der Waals surface area (Å²) in [6.45, 7) is 6.79. The number of rotatable bonds is 3. The van der Waals surface area contributed by atoms with E-state index in [2.05, 4.69) is 20.8 Å². The van der Waals surface area contributed by atoms with Crippen LogP contribution in [-0.2, 0) is 0 Å². The SMILES string of the molecule is CCCC[C@@H]1[C@@H](N)C1(C)C. The Kier molecular flexibility index (Phi) is 2.04. The van der Waals surface area contributed by atoms with Crippen molar-refractivity contribution in [3.63, 3.8) is 0 Å². The number of hydrogen-bond donors (Lipinski definition) is 1. The van der Waals surface area contributed by atoms with E-state index in [1.165, 1.54) is 19.3 Å². The van der Waals surface area contributed by atoms with Gasteiger partial charge in [-0.15, -0.1) is 0 Å². The van der Waals surface area contributed by atoms with Crippen molar-refractivity contribution in [2.45, 2.75) is 46.1 Å². The topological polar surface area (TPSA) is 26.0 Å². The molecule has 1 nitrogen and oxygen atoms in total. The van der Waals surface area contributed by atoms with Crippen LogP contribution in [0.5, 0.6) is 0 Å². The number of hydrogen-bond acceptors (Lipinski definition) is 1. The summed E-state index contributed by atoms with van der Waals surface area (Å²) >= 11 is 0. The molecule has 0 saturated heterocycles. The highest BCUT2D eigenvalue weighted by atomic mass is 14.8. The Morgan fingerprint density at radius 3 is 2.20 bits per heavy atom. The molecule has 0 radical (unpaired) electrons. The van der Waals surface area contributed by atoms with Crippen LogP contribution in [-0.4, -0.2) is 6.04 Å². The molecule has 1 saturated carbocycles. The molecule has 0 amide bonds. The lowest BCUT2D eigenvalue weighted by Gasteiger charge is -1.99. The molecule has 0 spiro atoms. The van der Waals surface area contributed by atoms with Crippen LogP contribution in [0.1, 0.15) is 40.0 Å².